The lowest BCUT2D eigenvalue weighted by Crippen LogP contribution is -2.29. The molecule has 1 N–H and O–H groups in total. The second-order valence-corrected chi connectivity index (χ2v) is 9.04. The fourth-order valence-corrected chi connectivity index (χ4v) is 4.10. The zero-order valence-electron chi connectivity index (χ0n) is 21.1. The van der Waals surface area contributed by atoms with E-state index in [9.17, 15) is 0 Å². The molecular formula is C28H43ClN2O2. The number of nitrogens with zero attached hydrogens (tertiary/aromatic N) is 1. The van der Waals surface area contributed by atoms with E-state index in [-0.39, 0.29) is 0 Å². The lowest BCUT2D eigenvalue weighted by Gasteiger charge is -2.22. The van der Waals surface area contributed by atoms with Gasteiger partial charge in [-0.25, -0.2) is 0 Å². The topological polar surface area (TPSA) is 33.7 Å². The molecule has 2 aromatic rings. The molecule has 184 valence electrons. The van der Waals surface area contributed by atoms with Crippen molar-refractivity contribution < 1.29 is 9.47 Å². The molecule has 0 fully saturated rings. The first-order valence-corrected chi connectivity index (χ1v) is 13.0. The van der Waals surface area contributed by atoms with E-state index in [4.69, 9.17) is 21.1 Å². The Bertz CT molecular complexity index is 804. The molecular weight excluding hydrogens is 432 g/mol. The Morgan fingerprint density at radius 1 is 0.909 bits per heavy atom. The molecule has 0 aliphatic rings. The molecule has 0 aliphatic heterocycles. The number of hydrogen-bond donors (Lipinski definition) is 1. The van der Waals surface area contributed by atoms with Gasteiger partial charge in [0.05, 0.1) is 11.6 Å². The fraction of sp³-hybridized carbons (Fsp3) is 0.571. The zero-order valence-corrected chi connectivity index (χ0v) is 21.8. The molecule has 0 saturated heterocycles. The molecule has 4 nitrogen and oxygen atoms in total. The molecule has 33 heavy (non-hydrogen) atoms. The number of unbranched alkanes of at least 4 members (excludes halogenated alkanes) is 2. The van der Waals surface area contributed by atoms with Gasteiger partial charge in [0.25, 0.3) is 0 Å². The maximum Gasteiger partial charge on any atom is 0.180 e. The standard InChI is InChI=1S/C28H43ClN2O2/c1-5-8-16-31(17-9-6-2)18-12-15-30-21-24-19-26(29)28(27(20-24)32-7-3)33-22-25-14-11-10-13-23(25)4/h10-11,13-14,19-20,30H,5-9,12,15-18,21-22H2,1-4H3. The first-order chi connectivity index (χ1) is 16.1. The van der Waals surface area contributed by atoms with Gasteiger partial charge in [0.15, 0.2) is 11.5 Å². The van der Waals surface area contributed by atoms with Gasteiger partial charge in [0.2, 0.25) is 0 Å². The average Bonchev–Trinajstić information content (AvgIpc) is 2.80. The number of ether oxygens (including phenoxy) is 2. The molecule has 0 spiro atoms. The van der Waals surface area contributed by atoms with Crippen molar-refractivity contribution in [3.8, 4) is 11.5 Å². The van der Waals surface area contributed by atoms with Crippen LogP contribution in [0.2, 0.25) is 5.02 Å². The summed E-state index contributed by atoms with van der Waals surface area (Å²) in [5, 5.41) is 4.16. The highest BCUT2D eigenvalue weighted by molar-refractivity contribution is 6.32. The van der Waals surface area contributed by atoms with Crippen LogP contribution in [0.15, 0.2) is 36.4 Å². The molecule has 0 amide bonds. The number of benzene rings is 2. The van der Waals surface area contributed by atoms with Crippen LogP contribution in [0, 0.1) is 6.92 Å². The minimum Gasteiger partial charge on any atom is -0.490 e. The smallest absolute Gasteiger partial charge is 0.180 e. The Balaban J connectivity index is 1.89. The Hall–Kier alpha value is -1.75. The normalized spacial score (nSPS) is 11.2. The Morgan fingerprint density at radius 3 is 2.27 bits per heavy atom. The van der Waals surface area contributed by atoms with Gasteiger partial charge in [-0.15, -0.1) is 0 Å². The second kappa shape index (κ2) is 16.0. The van der Waals surface area contributed by atoms with Crippen molar-refractivity contribution in [2.75, 3.05) is 32.8 Å². The third-order valence-electron chi connectivity index (χ3n) is 5.82. The SMILES string of the molecule is CCCCN(CCCC)CCCNCc1cc(Cl)c(OCc2ccccc2C)c(OCC)c1. The van der Waals surface area contributed by atoms with Crippen LogP contribution in [0.4, 0.5) is 0 Å². The van der Waals surface area contributed by atoms with Crippen LogP contribution in [-0.4, -0.2) is 37.7 Å². The van der Waals surface area contributed by atoms with E-state index in [0.717, 1.165) is 37.2 Å². The molecule has 0 saturated carbocycles. The fourth-order valence-electron chi connectivity index (χ4n) is 3.81. The molecule has 2 rings (SSSR count). The monoisotopic (exact) mass is 474 g/mol. The summed E-state index contributed by atoms with van der Waals surface area (Å²) in [4.78, 5) is 2.61. The summed E-state index contributed by atoms with van der Waals surface area (Å²) in [6.45, 7) is 15.0. The van der Waals surface area contributed by atoms with Gasteiger partial charge >= 0.3 is 0 Å². The van der Waals surface area contributed by atoms with Crippen LogP contribution in [0.3, 0.4) is 0 Å². The van der Waals surface area contributed by atoms with Crippen LogP contribution in [0.25, 0.3) is 0 Å². The first-order valence-electron chi connectivity index (χ1n) is 12.6. The van der Waals surface area contributed by atoms with Crippen molar-refractivity contribution in [3.05, 3.63) is 58.1 Å². The third-order valence-corrected chi connectivity index (χ3v) is 6.10. The summed E-state index contributed by atoms with van der Waals surface area (Å²) >= 11 is 6.62. The Morgan fingerprint density at radius 2 is 1.61 bits per heavy atom. The van der Waals surface area contributed by atoms with E-state index in [1.165, 1.54) is 44.3 Å². The molecule has 5 heteroatoms. The van der Waals surface area contributed by atoms with Gasteiger partial charge in [0, 0.05) is 6.54 Å². The number of aryl methyl sites for hydroxylation is 1. The van der Waals surface area contributed by atoms with E-state index in [1.54, 1.807) is 0 Å². The Kier molecular flexibility index (Phi) is 13.3. The molecule has 0 aliphatic carbocycles. The summed E-state index contributed by atoms with van der Waals surface area (Å²) in [5.41, 5.74) is 3.46. The predicted octanol–water partition coefficient (Wildman–Crippen LogP) is 7.01. The average molecular weight is 475 g/mol. The van der Waals surface area contributed by atoms with E-state index in [0.29, 0.717) is 29.7 Å². The maximum absolute atomic E-state index is 6.62. The van der Waals surface area contributed by atoms with Crippen molar-refractivity contribution >= 4 is 11.6 Å². The number of hydrogen-bond acceptors (Lipinski definition) is 4. The van der Waals surface area contributed by atoms with Gasteiger partial charge in [-0.3, -0.25) is 0 Å². The largest absolute Gasteiger partial charge is 0.490 e. The number of rotatable bonds is 17. The summed E-state index contributed by atoms with van der Waals surface area (Å²) in [6.07, 6.45) is 6.24. The lowest BCUT2D eigenvalue weighted by atomic mass is 10.1. The highest BCUT2D eigenvalue weighted by Crippen LogP contribution is 2.37. The van der Waals surface area contributed by atoms with Crippen LogP contribution in [0.5, 0.6) is 11.5 Å². The van der Waals surface area contributed by atoms with Crippen molar-refractivity contribution in [1.29, 1.82) is 0 Å². The minimum atomic E-state index is 0.469. The summed E-state index contributed by atoms with van der Waals surface area (Å²) in [6, 6.07) is 12.3. The maximum atomic E-state index is 6.62. The number of nitrogens with one attached hydrogen (secondary N) is 1. The van der Waals surface area contributed by atoms with Crippen molar-refractivity contribution in [1.82, 2.24) is 10.2 Å². The van der Waals surface area contributed by atoms with E-state index in [1.807, 2.05) is 31.2 Å². The zero-order chi connectivity index (χ0) is 23.9. The molecule has 0 heterocycles. The Labute approximate surface area is 206 Å². The highest BCUT2D eigenvalue weighted by Gasteiger charge is 2.13. The van der Waals surface area contributed by atoms with Gasteiger partial charge in [-0.1, -0.05) is 62.6 Å². The summed E-state index contributed by atoms with van der Waals surface area (Å²) in [7, 11) is 0. The number of halogens is 1. The third kappa shape index (κ3) is 9.95. The van der Waals surface area contributed by atoms with Crippen molar-refractivity contribution in [3.63, 3.8) is 0 Å². The molecule has 0 bridgehead atoms. The van der Waals surface area contributed by atoms with Crippen LogP contribution in [0.1, 0.15) is 69.6 Å². The van der Waals surface area contributed by atoms with Crippen molar-refractivity contribution in [2.45, 2.75) is 73.0 Å². The van der Waals surface area contributed by atoms with Gasteiger partial charge in [-0.05, 0) is 88.1 Å². The van der Waals surface area contributed by atoms with Crippen LogP contribution in [-0.2, 0) is 13.2 Å². The van der Waals surface area contributed by atoms with Crippen LogP contribution >= 0.6 is 11.6 Å². The highest BCUT2D eigenvalue weighted by atomic mass is 35.5. The molecule has 0 unspecified atom stereocenters. The quantitative estimate of drug-likeness (QED) is 0.250. The molecule has 0 aromatic heterocycles. The summed E-state index contributed by atoms with van der Waals surface area (Å²) < 4.78 is 12.0. The van der Waals surface area contributed by atoms with Gasteiger partial charge in [0.1, 0.15) is 6.61 Å². The van der Waals surface area contributed by atoms with Gasteiger partial charge < -0.3 is 19.7 Å². The first kappa shape index (κ1) is 27.5. The van der Waals surface area contributed by atoms with Crippen LogP contribution < -0.4 is 14.8 Å². The van der Waals surface area contributed by atoms with E-state index >= 15 is 0 Å². The molecule has 0 radical (unpaired) electrons. The minimum absolute atomic E-state index is 0.469. The van der Waals surface area contributed by atoms with Gasteiger partial charge in [-0.2, -0.15) is 0 Å². The summed E-state index contributed by atoms with van der Waals surface area (Å²) in [5.74, 6) is 1.33. The van der Waals surface area contributed by atoms with E-state index in [2.05, 4.69) is 43.1 Å². The lowest BCUT2D eigenvalue weighted by molar-refractivity contribution is 0.261. The van der Waals surface area contributed by atoms with Crippen molar-refractivity contribution in [2.24, 2.45) is 0 Å². The van der Waals surface area contributed by atoms with E-state index < -0.39 is 0 Å². The molecule has 2 aromatic carbocycles. The predicted molar refractivity (Wildman–Crippen MR) is 141 cm³/mol. The second-order valence-electron chi connectivity index (χ2n) is 8.63. The molecule has 0 atom stereocenters.